The first-order valence-electron chi connectivity index (χ1n) is 7.92. The van der Waals surface area contributed by atoms with Gasteiger partial charge in [0, 0.05) is 11.6 Å². The molecule has 0 radical (unpaired) electrons. The molecule has 7 nitrogen and oxygen atoms in total. The van der Waals surface area contributed by atoms with Crippen LogP contribution >= 0.6 is 11.6 Å². The van der Waals surface area contributed by atoms with Crippen molar-refractivity contribution in [2.75, 3.05) is 5.73 Å². The Bertz CT molecular complexity index is 1300. The number of nitrogen functional groups attached to an aromatic ring is 1. The van der Waals surface area contributed by atoms with E-state index in [1.807, 2.05) is 18.2 Å². The first-order valence-corrected chi connectivity index (χ1v) is 8.30. The largest absolute Gasteiger partial charge is 0.454 e. The van der Waals surface area contributed by atoms with E-state index in [-0.39, 0.29) is 28.2 Å². The van der Waals surface area contributed by atoms with Crippen molar-refractivity contribution in [1.29, 1.82) is 0 Å². The highest BCUT2D eigenvalue weighted by atomic mass is 35.5. The number of nitrogens with two attached hydrogens (primary N) is 1. The van der Waals surface area contributed by atoms with E-state index in [1.54, 1.807) is 18.3 Å². The van der Waals surface area contributed by atoms with E-state index in [4.69, 9.17) is 21.8 Å². The Labute approximate surface area is 156 Å². The number of benzene rings is 1. The monoisotopic (exact) mass is 380 g/mol. The summed E-state index contributed by atoms with van der Waals surface area (Å²) >= 11 is 5.94. The molecular formula is C18H10ClFN6O. The second kappa shape index (κ2) is 5.75. The highest BCUT2D eigenvalue weighted by Gasteiger charge is 2.20. The fourth-order valence-corrected chi connectivity index (χ4v) is 3.02. The van der Waals surface area contributed by atoms with E-state index in [2.05, 4.69) is 24.9 Å². The Hall–Kier alpha value is -3.52. The van der Waals surface area contributed by atoms with Crippen molar-refractivity contribution in [1.82, 2.24) is 24.9 Å². The molecule has 0 unspecified atom stereocenters. The van der Waals surface area contributed by atoms with Crippen molar-refractivity contribution in [3.05, 3.63) is 53.7 Å². The number of aromatic amines is 1. The molecule has 0 aliphatic heterocycles. The van der Waals surface area contributed by atoms with Crippen LogP contribution in [0, 0.1) is 5.82 Å². The highest BCUT2D eigenvalue weighted by molar-refractivity contribution is 6.29. The summed E-state index contributed by atoms with van der Waals surface area (Å²) in [6.07, 6.45) is 3.04. The van der Waals surface area contributed by atoms with Gasteiger partial charge in [-0.15, -0.1) is 0 Å². The zero-order chi connectivity index (χ0) is 18.5. The Kier molecular flexibility index (Phi) is 3.34. The van der Waals surface area contributed by atoms with Gasteiger partial charge >= 0.3 is 0 Å². The number of hydrogen-bond acceptors (Lipinski definition) is 6. The number of para-hydroxylation sites is 1. The van der Waals surface area contributed by atoms with Gasteiger partial charge in [0.05, 0.1) is 11.8 Å². The summed E-state index contributed by atoms with van der Waals surface area (Å²) in [5.41, 5.74) is 7.86. The second-order valence-electron chi connectivity index (χ2n) is 5.84. The number of anilines is 1. The minimum Gasteiger partial charge on any atom is -0.454 e. The molecule has 0 aliphatic rings. The Morgan fingerprint density at radius 1 is 1.15 bits per heavy atom. The van der Waals surface area contributed by atoms with Crippen LogP contribution in [0.15, 0.2) is 47.1 Å². The summed E-state index contributed by atoms with van der Waals surface area (Å²) in [5.74, 6) is -0.596. The molecule has 3 N–H and O–H groups in total. The van der Waals surface area contributed by atoms with Crippen molar-refractivity contribution in [3.63, 3.8) is 0 Å². The number of hydrogen-bond donors (Lipinski definition) is 2. The molecule has 0 amide bonds. The SMILES string of the molecule is Nc1nc(-c2c[nH]c3ncc(Cl)nc23)nc(-c2cc3ccccc3o2)c1F. The summed E-state index contributed by atoms with van der Waals surface area (Å²) < 4.78 is 20.4. The van der Waals surface area contributed by atoms with E-state index in [1.165, 1.54) is 6.20 Å². The zero-order valence-corrected chi connectivity index (χ0v) is 14.3. The number of aromatic nitrogens is 5. The van der Waals surface area contributed by atoms with Crippen LogP contribution in [0.3, 0.4) is 0 Å². The van der Waals surface area contributed by atoms with Gasteiger partial charge in [-0.1, -0.05) is 29.8 Å². The second-order valence-corrected chi connectivity index (χ2v) is 6.22. The van der Waals surface area contributed by atoms with E-state index < -0.39 is 5.82 Å². The average Bonchev–Trinajstić information content (AvgIpc) is 3.27. The molecule has 0 bridgehead atoms. The maximum atomic E-state index is 14.6. The molecule has 5 aromatic rings. The summed E-state index contributed by atoms with van der Waals surface area (Å²) in [5, 5.41) is 1.05. The lowest BCUT2D eigenvalue weighted by molar-refractivity contribution is 0.594. The van der Waals surface area contributed by atoms with Gasteiger partial charge in [0.25, 0.3) is 0 Å². The van der Waals surface area contributed by atoms with Gasteiger partial charge in [0.15, 0.2) is 28.9 Å². The molecule has 0 atom stereocenters. The van der Waals surface area contributed by atoms with Crippen molar-refractivity contribution in [2.45, 2.75) is 0 Å². The maximum absolute atomic E-state index is 14.6. The molecule has 27 heavy (non-hydrogen) atoms. The van der Waals surface area contributed by atoms with Crippen molar-refractivity contribution in [3.8, 4) is 22.8 Å². The van der Waals surface area contributed by atoms with Gasteiger partial charge in [-0.3, -0.25) is 0 Å². The van der Waals surface area contributed by atoms with Crippen molar-refractivity contribution < 1.29 is 8.81 Å². The number of halogens is 2. The van der Waals surface area contributed by atoms with Crippen LogP contribution in [0.4, 0.5) is 10.2 Å². The van der Waals surface area contributed by atoms with Gasteiger partial charge in [-0.25, -0.2) is 24.3 Å². The third-order valence-corrected chi connectivity index (χ3v) is 4.31. The van der Waals surface area contributed by atoms with Crippen LogP contribution in [0.2, 0.25) is 5.15 Å². The highest BCUT2D eigenvalue weighted by Crippen LogP contribution is 2.32. The fraction of sp³-hybridized carbons (Fsp3) is 0. The molecular weight excluding hydrogens is 371 g/mol. The van der Waals surface area contributed by atoms with Crippen LogP contribution in [-0.2, 0) is 0 Å². The number of rotatable bonds is 2. The van der Waals surface area contributed by atoms with Gasteiger partial charge in [-0.2, -0.15) is 0 Å². The molecule has 4 heterocycles. The average molecular weight is 381 g/mol. The summed E-state index contributed by atoms with van der Waals surface area (Å²) in [6, 6.07) is 9.06. The molecule has 0 aliphatic carbocycles. The quantitative estimate of drug-likeness (QED) is 0.475. The van der Waals surface area contributed by atoms with Gasteiger partial charge in [0.2, 0.25) is 0 Å². The molecule has 132 valence electrons. The molecule has 4 aromatic heterocycles. The standard InChI is InChI=1S/C18H10ClFN6O/c19-12-7-23-18-14(24-12)9(6-22-18)17-25-15(13(20)16(21)26-17)11-5-8-3-1-2-4-10(8)27-11/h1-7H,(H,22,23)(H2,21,25,26). The third-order valence-electron chi connectivity index (χ3n) is 4.13. The number of fused-ring (bicyclic) bond motifs is 2. The van der Waals surface area contributed by atoms with Crippen LogP contribution in [-0.4, -0.2) is 24.9 Å². The molecule has 0 saturated heterocycles. The normalized spacial score (nSPS) is 11.5. The molecule has 9 heteroatoms. The topological polar surface area (TPSA) is 107 Å². The fourth-order valence-electron chi connectivity index (χ4n) is 2.89. The molecule has 0 spiro atoms. The number of nitrogens with zero attached hydrogens (tertiary/aromatic N) is 4. The number of H-pyrrole nitrogens is 1. The first-order chi connectivity index (χ1) is 13.1. The predicted octanol–water partition coefficient (Wildman–Crippen LogP) is 4.20. The van der Waals surface area contributed by atoms with Crippen LogP contribution < -0.4 is 5.73 Å². The van der Waals surface area contributed by atoms with Crippen LogP contribution in [0.1, 0.15) is 0 Å². The number of nitrogens with one attached hydrogen (secondary N) is 1. The van der Waals surface area contributed by atoms with Crippen molar-refractivity contribution >= 4 is 39.6 Å². The summed E-state index contributed by atoms with van der Waals surface area (Å²) in [4.78, 5) is 19.7. The van der Waals surface area contributed by atoms with E-state index in [9.17, 15) is 4.39 Å². The van der Waals surface area contributed by atoms with Crippen LogP contribution in [0.5, 0.6) is 0 Å². The van der Waals surface area contributed by atoms with Crippen molar-refractivity contribution in [2.24, 2.45) is 0 Å². The molecule has 1 aromatic carbocycles. The molecule has 0 saturated carbocycles. The smallest absolute Gasteiger partial charge is 0.194 e. The van der Waals surface area contributed by atoms with Gasteiger partial charge in [-0.05, 0) is 12.1 Å². The van der Waals surface area contributed by atoms with Gasteiger partial charge < -0.3 is 15.1 Å². The van der Waals surface area contributed by atoms with E-state index >= 15 is 0 Å². The molecule has 5 rings (SSSR count). The Balaban J connectivity index is 1.74. The summed E-state index contributed by atoms with van der Waals surface area (Å²) in [6.45, 7) is 0. The molecule has 0 fully saturated rings. The Morgan fingerprint density at radius 3 is 2.85 bits per heavy atom. The lowest BCUT2D eigenvalue weighted by Gasteiger charge is -2.05. The number of furan rings is 1. The van der Waals surface area contributed by atoms with E-state index in [0.717, 1.165) is 5.39 Å². The Morgan fingerprint density at radius 2 is 2.00 bits per heavy atom. The predicted molar refractivity (Wildman–Crippen MR) is 99.5 cm³/mol. The first kappa shape index (κ1) is 15.7. The lowest BCUT2D eigenvalue weighted by atomic mass is 10.2. The zero-order valence-electron chi connectivity index (χ0n) is 13.6. The maximum Gasteiger partial charge on any atom is 0.194 e. The minimum absolute atomic E-state index is 0.0296. The minimum atomic E-state index is -0.748. The lowest BCUT2D eigenvalue weighted by Crippen LogP contribution is -2.03. The van der Waals surface area contributed by atoms with E-state index in [0.29, 0.717) is 22.3 Å². The van der Waals surface area contributed by atoms with Crippen LogP contribution in [0.25, 0.3) is 45.0 Å². The van der Waals surface area contributed by atoms with Gasteiger partial charge in [0.1, 0.15) is 21.9 Å². The summed E-state index contributed by atoms with van der Waals surface area (Å²) in [7, 11) is 0. The third kappa shape index (κ3) is 2.49.